The zero-order valence-corrected chi connectivity index (χ0v) is 17.1. The van der Waals surface area contributed by atoms with E-state index in [-0.39, 0.29) is 5.91 Å². The van der Waals surface area contributed by atoms with Gasteiger partial charge in [0.1, 0.15) is 0 Å². The summed E-state index contributed by atoms with van der Waals surface area (Å²) in [6.45, 7) is 6.28. The molecule has 2 heterocycles. The minimum Gasteiger partial charge on any atom is -0.336 e. The van der Waals surface area contributed by atoms with Crippen LogP contribution in [0.4, 0.5) is 0 Å². The second-order valence-electron chi connectivity index (χ2n) is 7.35. The Hall–Kier alpha value is -1.48. The molecule has 3 rings (SSSR count). The molecule has 7 nitrogen and oxygen atoms in total. The van der Waals surface area contributed by atoms with Crippen molar-refractivity contribution in [1.29, 1.82) is 0 Å². The maximum atomic E-state index is 12.8. The number of benzene rings is 1. The molecule has 2 fully saturated rings. The van der Waals surface area contributed by atoms with Gasteiger partial charge in [-0.05, 0) is 31.2 Å². The summed E-state index contributed by atoms with van der Waals surface area (Å²) >= 11 is 0. The summed E-state index contributed by atoms with van der Waals surface area (Å²) in [6.07, 6.45) is 2.09. The van der Waals surface area contributed by atoms with E-state index in [4.69, 9.17) is 0 Å². The van der Waals surface area contributed by atoms with Gasteiger partial charge in [-0.3, -0.25) is 4.79 Å². The first-order valence-electron chi connectivity index (χ1n) is 9.74. The van der Waals surface area contributed by atoms with Crippen LogP contribution < -0.4 is 0 Å². The number of hydrogen-bond acceptors (Lipinski definition) is 4. The lowest BCUT2D eigenvalue weighted by molar-refractivity contribution is 0.0692. The second-order valence-corrected chi connectivity index (χ2v) is 9.28. The van der Waals surface area contributed by atoms with E-state index in [2.05, 4.69) is 11.8 Å². The molecule has 1 aromatic rings. The van der Waals surface area contributed by atoms with Gasteiger partial charge < -0.3 is 9.80 Å². The fourth-order valence-electron chi connectivity index (χ4n) is 3.59. The molecule has 2 aliphatic heterocycles. The van der Waals surface area contributed by atoms with Crippen LogP contribution in [0.25, 0.3) is 0 Å². The van der Waals surface area contributed by atoms with Crippen LogP contribution in [-0.4, -0.2) is 92.1 Å². The molecule has 0 bridgehead atoms. The molecule has 0 atom stereocenters. The van der Waals surface area contributed by atoms with Crippen LogP contribution in [0.5, 0.6) is 0 Å². The summed E-state index contributed by atoms with van der Waals surface area (Å²) < 4.78 is 28.7. The standard InChI is InChI=1S/C19H30N4O3S/c1-3-4-17-5-7-18(8-6-17)19(24)21-11-15-23(16-12-21)27(25,26)22-13-9-20(2)10-14-22/h5-8H,3-4,9-16H2,1-2H3. The topological polar surface area (TPSA) is 64.2 Å². The number of hydrogen-bond donors (Lipinski definition) is 0. The van der Waals surface area contributed by atoms with Crippen LogP contribution in [0.1, 0.15) is 29.3 Å². The first kappa shape index (κ1) is 20.3. The van der Waals surface area contributed by atoms with Crippen molar-refractivity contribution in [3.05, 3.63) is 35.4 Å². The first-order valence-corrected chi connectivity index (χ1v) is 11.1. The number of nitrogens with zero attached hydrogens (tertiary/aromatic N) is 4. The number of aryl methyl sites for hydroxylation is 1. The molecule has 2 saturated heterocycles. The van der Waals surface area contributed by atoms with Crippen LogP contribution in [0.2, 0.25) is 0 Å². The van der Waals surface area contributed by atoms with Crippen molar-refractivity contribution in [3.63, 3.8) is 0 Å². The Labute approximate surface area is 162 Å². The molecule has 0 unspecified atom stereocenters. The minimum atomic E-state index is -3.43. The highest BCUT2D eigenvalue weighted by molar-refractivity contribution is 7.86. The maximum Gasteiger partial charge on any atom is 0.282 e. The van der Waals surface area contributed by atoms with E-state index in [1.54, 1.807) is 9.21 Å². The number of amides is 1. The molecule has 27 heavy (non-hydrogen) atoms. The summed E-state index contributed by atoms with van der Waals surface area (Å²) in [5.74, 6) is -0.0188. The summed E-state index contributed by atoms with van der Waals surface area (Å²) in [6, 6.07) is 7.76. The fourth-order valence-corrected chi connectivity index (χ4v) is 5.17. The minimum absolute atomic E-state index is 0.0188. The van der Waals surface area contributed by atoms with Crippen molar-refractivity contribution in [2.75, 3.05) is 59.4 Å². The van der Waals surface area contributed by atoms with Crippen molar-refractivity contribution in [1.82, 2.24) is 18.4 Å². The van der Waals surface area contributed by atoms with Crippen molar-refractivity contribution in [2.45, 2.75) is 19.8 Å². The number of likely N-dealkylation sites (N-methyl/N-ethyl adjacent to an activating group) is 1. The number of carbonyl (C=O) groups is 1. The normalized spacial score (nSPS) is 20.7. The molecule has 8 heteroatoms. The van der Waals surface area contributed by atoms with Gasteiger partial charge in [0.25, 0.3) is 16.1 Å². The van der Waals surface area contributed by atoms with Crippen LogP contribution in [0.15, 0.2) is 24.3 Å². The molecule has 1 amide bonds. The van der Waals surface area contributed by atoms with E-state index in [1.807, 2.05) is 31.3 Å². The Morgan fingerprint density at radius 1 is 0.889 bits per heavy atom. The zero-order chi connectivity index (χ0) is 19.4. The van der Waals surface area contributed by atoms with Crippen molar-refractivity contribution in [2.24, 2.45) is 0 Å². The van der Waals surface area contributed by atoms with Gasteiger partial charge in [-0.15, -0.1) is 0 Å². The van der Waals surface area contributed by atoms with E-state index in [0.29, 0.717) is 44.8 Å². The highest BCUT2D eigenvalue weighted by Crippen LogP contribution is 2.16. The SMILES string of the molecule is CCCc1ccc(C(=O)N2CCN(S(=O)(=O)N3CCN(C)CC3)CC2)cc1. The van der Waals surface area contributed by atoms with Gasteiger partial charge in [0, 0.05) is 57.9 Å². The van der Waals surface area contributed by atoms with Gasteiger partial charge in [0.05, 0.1) is 0 Å². The molecule has 0 aliphatic carbocycles. The second kappa shape index (κ2) is 8.68. The lowest BCUT2D eigenvalue weighted by atomic mass is 10.1. The lowest BCUT2D eigenvalue weighted by Crippen LogP contribution is -2.57. The quantitative estimate of drug-likeness (QED) is 0.744. The Bertz CT molecular complexity index is 735. The summed E-state index contributed by atoms with van der Waals surface area (Å²) in [4.78, 5) is 16.6. The summed E-state index contributed by atoms with van der Waals surface area (Å²) in [5, 5.41) is 0. The molecular weight excluding hydrogens is 364 g/mol. The molecule has 0 N–H and O–H groups in total. The van der Waals surface area contributed by atoms with Crippen LogP contribution in [-0.2, 0) is 16.6 Å². The number of rotatable bonds is 5. The molecule has 0 radical (unpaired) electrons. The van der Waals surface area contributed by atoms with Gasteiger partial charge in [-0.2, -0.15) is 17.0 Å². The molecule has 1 aromatic carbocycles. The van der Waals surface area contributed by atoms with Gasteiger partial charge in [-0.25, -0.2) is 0 Å². The maximum absolute atomic E-state index is 12.8. The largest absolute Gasteiger partial charge is 0.336 e. The average Bonchev–Trinajstić information content (AvgIpc) is 2.69. The van der Waals surface area contributed by atoms with E-state index in [1.165, 1.54) is 9.87 Å². The Balaban J connectivity index is 1.57. The summed E-state index contributed by atoms with van der Waals surface area (Å²) in [7, 11) is -1.43. The highest BCUT2D eigenvalue weighted by Gasteiger charge is 2.34. The molecular formula is C19H30N4O3S. The predicted molar refractivity (Wildman–Crippen MR) is 106 cm³/mol. The van der Waals surface area contributed by atoms with Crippen LogP contribution >= 0.6 is 0 Å². The van der Waals surface area contributed by atoms with E-state index in [9.17, 15) is 13.2 Å². The molecule has 0 spiro atoms. The Morgan fingerprint density at radius 3 is 1.93 bits per heavy atom. The average molecular weight is 395 g/mol. The van der Waals surface area contributed by atoms with E-state index >= 15 is 0 Å². The predicted octanol–water partition coefficient (Wildman–Crippen LogP) is 0.889. The monoisotopic (exact) mass is 394 g/mol. The lowest BCUT2D eigenvalue weighted by Gasteiger charge is -2.39. The molecule has 150 valence electrons. The Morgan fingerprint density at radius 2 is 1.41 bits per heavy atom. The third-order valence-corrected chi connectivity index (χ3v) is 7.42. The summed E-state index contributed by atoms with van der Waals surface area (Å²) in [5.41, 5.74) is 1.90. The third kappa shape index (κ3) is 4.68. The van der Waals surface area contributed by atoms with Gasteiger partial charge in [0.2, 0.25) is 0 Å². The highest BCUT2D eigenvalue weighted by atomic mass is 32.2. The van der Waals surface area contributed by atoms with E-state index in [0.717, 1.165) is 25.9 Å². The molecule has 0 saturated carbocycles. The third-order valence-electron chi connectivity index (χ3n) is 5.38. The van der Waals surface area contributed by atoms with Crippen LogP contribution in [0.3, 0.4) is 0 Å². The smallest absolute Gasteiger partial charge is 0.282 e. The molecule has 0 aromatic heterocycles. The van der Waals surface area contributed by atoms with Crippen molar-refractivity contribution < 1.29 is 13.2 Å². The van der Waals surface area contributed by atoms with Crippen molar-refractivity contribution in [3.8, 4) is 0 Å². The van der Waals surface area contributed by atoms with Gasteiger partial charge >= 0.3 is 0 Å². The Kier molecular flexibility index (Phi) is 6.52. The zero-order valence-electron chi connectivity index (χ0n) is 16.3. The number of piperazine rings is 2. The number of carbonyl (C=O) groups excluding carboxylic acids is 1. The fraction of sp³-hybridized carbons (Fsp3) is 0.632. The van der Waals surface area contributed by atoms with Gasteiger partial charge in [0.15, 0.2) is 0 Å². The molecule has 2 aliphatic rings. The van der Waals surface area contributed by atoms with Crippen molar-refractivity contribution >= 4 is 16.1 Å². The van der Waals surface area contributed by atoms with Crippen LogP contribution in [0, 0.1) is 0 Å². The van der Waals surface area contributed by atoms with Gasteiger partial charge in [-0.1, -0.05) is 25.5 Å². The van der Waals surface area contributed by atoms with E-state index < -0.39 is 10.2 Å². The first-order chi connectivity index (χ1) is 12.9.